The Bertz CT molecular complexity index is 1700. The highest BCUT2D eigenvalue weighted by Crippen LogP contribution is 2.32. The SMILES string of the molecule is CC(C)(C)NC(=O)[C@@H]1CN(Cc2cnc3ccoc3c2)CCN1C[C@@H](O)C[C@@H](Cc1ccccc1)C(=O)NC1c2ccccc2C[C@H]1O. The molecule has 4 aromatic rings. The molecular weight excluding hydrogens is 606 g/mol. The van der Waals surface area contributed by atoms with Gasteiger partial charge in [-0.05, 0) is 61.9 Å². The summed E-state index contributed by atoms with van der Waals surface area (Å²) in [6, 6.07) is 20.4. The minimum atomic E-state index is -0.854. The van der Waals surface area contributed by atoms with Crippen LogP contribution in [-0.2, 0) is 29.0 Å². The number of nitrogens with one attached hydrogen (secondary N) is 2. The molecule has 0 radical (unpaired) electrons. The molecule has 10 nitrogen and oxygen atoms in total. The monoisotopic (exact) mass is 653 g/mol. The third-order valence-corrected chi connectivity index (χ3v) is 9.34. The molecule has 1 fully saturated rings. The molecule has 0 saturated carbocycles. The quantitative estimate of drug-likeness (QED) is 0.193. The summed E-state index contributed by atoms with van der Waals surface area (Å²) < 4.78 is 5.54. The number of piperazine rings is 1. The second-order valence-electron chi connectivity index (χ2n) is 14.4. The molecule has 1 unspecified atom stereocenters. The molecule has 48 heavy (non-hydrogen) atoms. The van der Waals surface area contributed by atoms with Gasteiger partial charge in [0.15, 0.2) is 5.58 Å². The molecule has 4 N–H and O–H groups in total. The highest BCUT2D eigenvalue weighted by atomic mass is 16.3. The molecule has 3 heterocycles. The van der Waals surface area contributed by atoms with Crippen molar-refractivity contribution in [2.75, 3.05) is 26.2 Å². The Morgan fingerprint density at radius 3 is 2.60 bits per heavy atom. The van der Waals surface area contributed by atoms with Crippen LogP contribution in [0.5, 0.6) is 0 Å². The molecule has 2 aromatic carbocycles. The van der Waals surface area contributed by atoms with E-state index in [-0.39, 0.29) is 24.8 Å². The molecule has 6 rings (SSSR count). The molecule has 1 saturated heterocycles. The molecule has 1 aliphatic carbocycles. The molecule has 254 valence electrons. The van der Waals surface area contributed by atoms with Crippen molar-refractivity contribution in [2.24, 2.45) is 5.92 Å². The Morgan fingerprint density at radius 1 is 1.04 bits per heavy atom. The number of carbonyl (C=O) groups excluding carboxylic acids is 2. The molecule has 10 heteroatoms. The fourth-order valence-electron chi connectivity index (χ4n) is 7.05. The molecule has 1 aliphatic heterocycles. The lowest BCUT2D eigenvalue weighted by molar-refractivity contribution is -0.132. The topological polar surface area (TPSA) is 131 Å². The Hall–Kier alpha value is -4.09. The van der Waals surface area contributed by atoms with Crippen LogP contribution in [0.15, 0.2) is 83.6 Å². The van der Waals surface area contributed by atoms with Crippen molar-refractivity contribution in [3.8, 4) is 0 Å². The fourth-order valence-corrected chi connectivity index (χ4v) is 7.05. The predicted molar refractivity (Wildman–Crippen MR) is 184 cm³/mol. The van der Waals surface area contributed by atoms with Gasteiger partial charge >= 0.3 is 0 Å². The largest absolute Gasteiger partial charge is 0.463 e. The van der Waals surface area contributed by atoms with Gasteiger partial charge in [0, 0.05) is 62.9 Å². The van der Waals surface area contributed by atoms with Crippen molar-refractivity contribution in [3.05, 3.63) is 101 Å². The van der Waals surface area contributed by atoms with E-state index >= 15 is 0 Å². The maximum Gasteiger partial charge on any atom is 0.239 e. The number of aromatic nitrogens is 1. The van der Waals surface area contributed by atoms with E-state index in [2.05, 4.69) is 20.5 Å². The van der Waals surface area contributed by atoms with Crippen LogP contribution in [0, 0.1) is 5.92 Å². The minimum absolute atomic E-state index is 0.0912. The number of hydrogen-bond donors (Lipinski definition) is 4. The third kappa shape index (κ3) is 8.30. The molecule has 2 aliphatic rings. The summed E-state index contributed by atoms with van der Waals surface area (Å²) in [6.07, 6.45) is 3.07. The van der Waals surface area contributed by atoms with E-state index in [9.17, 15) is 19.8 Å². The van der Waals surface area contributed by atoms with Crippen LogP contribution in [0.1, 0.15) is 55.5 Å². The first-order valence-corrected chi connectivity index (χ1v) is 16.9. The molecule has 2 amide bonds. The van der Waals surface area contributed by atoms with Crippen LogP contribution in [-0.4, -0.2) is 86.8 Å². The lowest BCUT2D eigenvalue weighted by Crippen LogP contribution is -2.61. The summed E-state index contributed by atoms with van der Waals surface area (Å²) >= 11 is 0. The summed E-state index contributed by atoms with van der Waals surface area (Å²) in [6.45, 7) is 8.52. The van der Waals surface area contributed by atoms with Gasteiger partial charge < -0.3 is 25.3 Å². The summed E-state index contributed by atoms with van der Waals surface area (Å²) in [5.41, 5.74) is 5.09. The highest BCUT2D eigenvalue weighted by Gasteiger charge is 2.37. The Balaban J connectivity index is 1.15. The second-order valence-corrected chi connectivity index (χ2v) is 14.4. The van der Waals surface area contributed by atoms with E-state index in [1.807, 2.05) is 98.6 Å². The Morgan fingerprint density at radius 2 is 1.81 bits per heavy atom. The second kappa shape index (κ2) is 14.6. The van der Waals surface area contributed by atoms with E-state index in [0.29, 0.717) is 39.0 Å². The zero-order valence-electron chi connectivity index (χ0n) is 28.0. The van der Waals surface area contributed by atoms with Crippen molar-refractivity contribution < 1.29 is 24.2 Å². The van der Waals surface area contributed by atoms with Gasteiger partial charge in [-0.3, -0.25) is 24.4 Å². The van der Waals surface area contributed by atoms with Crippen LogP contribution in [0.2, 0.25) is 0 Å². The zero-order valence-corrected chi connectivity index (χ0v) is 28.0. The van der Waals surface area contributed by atoms with Crippen molar-refractivity contribution in [1.29, 1.82) is 0 Å². The van der Waals surface area contributed by atoms with Gasteiger partial charge in [-0.15, -0.1) is 0 Å². The maximum absolute atomic E-state index is 13.9. The van der Waals surface area contributed by atoms with Gasteiger partial charge in [-0.2, -0.15) is 0 Å². The number of benzene rings is 2. The zero-order chi connectivity index (χ0) is 33.8. The van der Waals surface area contributed by atoms with Gasteiger partial charge in [0.25, 0.3) is 0 Å². The van der Waals surface area contributed by atoms with Crippen molar-refractivity contribution >= 4 is 22.9 Å². The van der Waals surface area contributed by atoms with Crippen molar-refractivity contribution in [1.82, 2.24) is 25.4 Å². The first-order valence-electron chi connectivity index (χ1n) is 16.9. The van der Waals surface area contributed by atoms with Crippen molar-refractivity contribution in [2.45, 2.75) is 76.4 Å². The molecule has 5 atom stereocenters. The van der Waals surface area contributed by atoms with Gasteiger partial charge in [0.05, 0.1) is 24.5 Å². The number of furan rings is 1. The number of aliphatic hydroxyl groups excluding tert-OH is 2. The van der Waals surface area contributed by atoms with E-state index in [1.165, 1.54) is 0 Å². The summed E-state index contributed by atoms with van der Waals surface area (Å²) in [5, 5.41) is 28.6. The van der Waals surface area contributed by atoms with E-state index in [1.54, 1.807) is 6.26 Å². The van der Waals surface area contributed by atoms with Crippen LogP contribution in [0.3, 0.4) is 0 Å². The smallest absolute Gasteiger partial charge is 0.239 e. The number of fused-ring (bicyclic) bond motifs is 2. The average Bonchev–Trinajstić information content (AvgIpc) is 3.64. The Kier molecular flexibility index (Phi) is 10.3. The van der Waals surface area contributed by atoms with Gasteiger partial charge in [-0.1, -0.05) is 54.6 Å². The van der Waals surface area contributed by atoms with E-state index in [4.69, 9.17) is 4.42 Å². The summed E-state index contributed by atoms with van der Waals surface area (Å²) in [4.78, 5) is 36.3. The van der Waals surface area contributed by atoms with E-state index < -0.39 is 35.7 Å². The Labute approximate surface area is 282 Å². The minimum Gasteiger partial charge on any atom is -0.463 e. The number of rotatable bonds is 11. The number of carbonyl (C=O) groups is 2. The first kappa shape index (κ1) is 33.8. The van der Waals surface area contributed by atoms with E-state index in [0.717, 1.165) is 33.4 Å². The maximum atomic E-state index is 13.9. The van der Waals surface area contributed by atoms with Gasteiger partial charge in [-0.25, -0.2) is 0 Å². The number of hydrogen-bond acceptors (Lipinski definition) is 8. The molecule has 2 aromatic heterocycles. The predicted octanol–water partition coefficient (Wildman–Crippen LogP) is 3.61. The number of amides is 2. The van der Waals surface area contributed by atoms with Crippen LogP contribution < -0.4 is 10.6 Å². The molecular formula is C38H47N5O5. The highest BCUT2D eigenvalue weighted by molar-refractivity contribution is 5.83. The normalized spacial score (nSPS) is 21.5. The number of nitrogens with zero attached hydrogens (tertiary/aromatic N) is 3. The van der Waals surface area contributed by atoms with Gasteiger partial charge in [0.1, 0.15) is 11.6 Å². The van der Waals surface area contributed by atoms with Gasteiger partial charge in [0.2, 0.25) is 11.8 Å². The number of β-amino-alcohol motifs (C(OH)–C–C–N with tert-alkyl or cyclic N) is 1. The average molecular weight is 654 g/mol. The van der Waals surface area contributed by atoms with Crippen molar-refractivity contribution in [3.63, 3.8) is 0 Å². The molecule has 0 spiro atoms. The lowest BCUT2D eigenvalue weighted by Gasteiger charge is -2.42. The number of aliphatic hydroxyl groups is 2. The van der Waals surface area contributed by atoms with Crippen LogP contribution in [0.25, 0.3) is 11.1 Å². The standard InChI is InChI=1S/C38H47N5O5/c1-38(2,3)41-37(47)32-24-42(22-26-18-34-31(39-21-26)13-16-48-34)14-15-43(32)23-29(44)19-28(17-25-9-5-4-6-10-25)36(46)40-35-30-12-8-7-11-27(30)20-33(35)45/h4-13,16,18,21,28-29,32-33,35,44-45H,14-15,17,19-20,22-24H2,1-3H3,(H,40,46)(H,41,47)/t28-,29+,32+,33-,35?/m1/s1. The summed E-state index contributed by atoms with van der Waals surface area (Å²) in [7, 11) is 0. The summed E-state index contributed by atoms with van der Waals surface area (Å²) in [5.74, 6) is -0.825. The van der Waals surface area contributed by atoms with Crippen LogP contribution >= 0.6 is 0 Å². The first-order chi connectivity index (χ1) is 23.0. The third-order valence-electron chi connectivity index (χ3n) is 9.34. The number of pyridine rings is 1. The van der Waals surface area contributed by atoms with Crippen LogP contribution in [0.4, 0.5) is 0 Å². The fraction of sp³-hybridized carbons (Fsp3) is 0.447. The lowest BCUT2D eigenvalue weighted by atomic mass is 9.91. The molecule has 0 bridgehead atoms.